The molecule has 0 spiro atoms. The van der Waals surface area contributed by atoms with Crippen LogP contribution in [-0.4, -0.2) is 39.2 Å². The third-order valence-corrected chi connectivity index (χ3v) is 4.49. The molecule has 150 valence electrons. The lowest BCUT2D eigenvalue weighted by Gasteiger charge is -2.27. The normalized spacial score (nSPS) is 15.4. The van der Waals surface area contributed by atoms with Crippen LogP contribution >= 0.6 is 0 Å². The number of ether oxygens (including phenoxy) is 3. The third-order valence-electron chi connectivity index (χ3n) is 4.49. The van der Waals surface area contributed by atoms with E-state index in [0.29, 0.717) is 34.1 Å². The van der Waals surface area contributed by atoms with E-state index < -0.39 is 17.8 Å². The van der Waals surface area contributed by atoms with Crippen molar-refractivity contribution < 1.29 is 28.6 Å². The zero-order chi connectivity index (χ0) is 21.1. The van der Waals surface area contributed by atoms with Gasteiger partial charge in [-0.15, -0.1) is 0 Å². The molecule has 8 heteroatoms. The van der Waals surface area contributed by atoms with E-state index >= 15 is 0 Å². The molecule has 1 N–H and O–H groups in total. The Morgan fingerprint density at radius 3 is 2.21 bits per heavy atom. The molecule has 1 saturated heterocycles. The highest BCUT2D eigenvalue weighted by atomic mass is 16.5. The van der Waals surface area contributed by atoms with Gasteiger partial charge < -0.3 is 14.2 Å². The number of nitrogens with zero attached hydrogens (tertiary/aromatic N) is 1. The Labute approximate surface area is 167 Å². The van der Waals surface area contributed by atoms with Crippen molar-refractivity contribution in [1.82, 2.24) is 5.32 Å². The van der Waals surface area contributed by atoms with Crippen molar-refractivity contribution in [2.45, 2.75) is 6.92 Å². The van der Waals surface area contributed by atoms with Gasteiger partial charge in [-0.2, -0.15) is 0 Å². The molecule has 3 rings (SSSR count). The van der Waals surface area contributed by atoms with Crippen LogP contribution < -0.4 is 24.4 Å². The number of carbonyl (C=O) groups is 3. The van der Waals surface area contributed by atoms with Crippen molar-refractivity contribution in [3.8, 4) is 17.2 Å². The van der Waals surface area contributed by atoms with Crippen LogP contribution in [0.2, 0.25) is 0 Å². The number of barbiturate groups is 1. The summed E-state index contributed by atoms with van der Waals surface area (Å²) in [5.74, 6) is -0.478. The highest BCUT2D eigenvalue weighted by molar-refractivity contribution is 6.39. The molecule has 0 aromatic heterocycles. The molecule has 1 aliphatic heterocycles. The Kier molecular flexibility index (Phi) is 5.54. The van der Waals surface area contributed by atoms with Gasteiger partial charge in [0.15, 0.2) is 11.5 Å². The van der Waals surface area contributed by atoms with Crippen molar-refractivity contribution in [3.63, 3.8) is 0 Å². The second-order valence-corrected chi connectivity index (χ2v) is 6.17. The minimum atomic E-state index is -0.800. The molecule has 0 aliphatic carbocycles. The highest BCUT2D eigenvalue weighted by Gasteiger charge is 2.37. The minimum Gasteiger partial charge on any atom is -0.493 e. The van der Waals surface area contributed by atoms with E-state index in [4.69, 9.17) is 14.2 Å². The fourth-order valence-electron chi connectivity index (χ4n) is 3.08. The van der Waals surface area contributed by atoms with Gasteiger partial charge in [0.25, 0.3) is 11.8 Å². The Hall–Kier alpha value is -3.81. The fourth-order valence-corrected chi connectivity index (χ4v) is 3.08. The van der Waals surface area contributed by atoms with Crippen molar-refractivity contribution in [2.75, 3.05) is 26.2 Å². The SMILES string of the molecule is COc1ccc(/C=C2\C(=O)NC(=O)N(c3ccccc3C)C2=O)c(OC)c1OC. The van der Waals surface area contributed by atoms with E-state index in [2.05, 4.69) is 5.32 Å². The fraction of sp³-hybridized carbons (Fsp3) is 0.190. The number of carbonyl (C=O) groups excluding carboxylic acids is 3. The molecule has 1 fully saturated rings. The van der Waals surface area contributed by atoms with Crippen LogP contribution in [0.1, 0.15) is 11.1 Å². The van der Waals surface area contributed by atoms with Crippen LogP contribution in [0, 0.1) is 6.92 Å². The maximum atomic E-state index is 13.1. The number of para-hydroxylation sites is 1. The Bertz CT molecular complexity index is 1030. The molecule has 8 nitrogen and oxygen atoms in total. The monoisotopic (exact) mass is 396 g/mol. The second kappa shape index (κ2) is 8.05. The third kappa shape index (κ3) is 3.52. The van der Waals surface area contributed by atoms with Crippen LogP contribution in [0.5, 0.6) is 17.2 Å². The van der Waals surface area contributed by atoms with E-state index in [1.54, 1.807) is 43.3 Å². The zero-order valence-corrected chi connectivity index (χ0v) is 16.4. The lowest BCUT2D eigenvalue weighted by molar-refractivity contribution is -0.122. The Balaban J connectivity index is 2.12. The first-order chi connectivity index (χ1) is 13.9. The van der Waals surface area contributed by atoms with E-state index in [-0.39, 0.29) is 5.57 Å². The zero-order valence-electron chi connectivity index (χ0n) is 16.4. The van der Waals surface area contributed by atoms with Gasteiger partial charge in [0.1, 0.15) is 5.57 Å². The number of imide groups is 2. The number of amides is 4. The van der Waals surface area contributed by atoms with Crippen molar-refractivity contribution in [3.05, 3.63) is 53.1 Å². The molecule has 2 aromatic carbocycles. The molecule has 4 amide bonds. The molecular weight excluding hydrogens is 376 g/mol. The highest BCUT2D eigenvalue weighted by Crippen LogP contribution is 2.40. The smallest absolute Gasteiger partial charge is 0.335 e. The number of benzene rings is 2. The first kappa shape index (κ1) is 19.9. The number of aryl methyl sites for hydroxylation is 1. The Morgan fingerprint density at radius 2 is 1.59 bits per heavy atom. The molecule has 2 aromatic rings. The summed E-state index contributed by atoms with van der Waals surface area (Å²) in [4.78, 5) is 38.8. The summed E-state index contributed by atoms with van der Waals surface area (Å²) in [6.45, 7) is 1.77. The average Bonchev–Trinajstić information content (AvgIpc) is 2.71. The van der Waals surface area contributed by atoms with Gasteiger partial charge in [-0.25, -0.2) is 9.69 Å². The topological polar surface area (TPSA) is 94.2 Å². The summed E-state index contributed by atoms with van der Waals surface area (Å²) < 4.78 is 16.0. The number of methoxy groups -OCH3 is 3. The van der Waals surface area contributed by atoms with Gasteiger partial charge in [0.05, 0.1) is 27.0 Å². The van der Waals surface area contributed by atoms with Crippen LogP contribution in [0.25, 0.3) is 6.08 Å². The Morgan fingerprint density at radius 1 is 0.897 bits per heavy atom. The number of urea groups is 1. The number of hydrogen-bond acceptors (Lipinski definition) is 6. The van der Waals surface area contributed by atoms with Gasteiger partial charge >= 0.3 is 6.03 Å². The maximum Gasteiger partial charge on any atom is 0.335 e. The number of rotatable bonds is 5. The van der Waals surface area contributed by atoms with Crippen molar-refractivity contribution in [1.29, 1.82) is 0 Å². The number of anilines is 1. The summed E-state index contributed by atoms with van der Waals surface area (Å²) in [5.41, 5.74) is 1.32. The molecule has 0 radical (unpaired) electrons. The molecule has 1 heterocycles. The molecule has 1 aliphatic rings. The molecule has 29 heavy (non-hydrogen) atoms. The van der Waals surface area contributed by atoms with Crippen LogP contribution in [-0.2, 0) is 9.59 Å². The van der Waals surface area contributed by atoms with Gasteiger partial charge in [-0.05, 0) is 36.8 Å². The first-order valence-corrected chi connectivity index (χ1v) is 8.69. The number of hydrogen-bond donors (Lipinski definition) is 1. The van der Waals surface area contributed by atoms with Crippen molar-refractivity contribution >= 4 is 29.6 Å². The van der Waals surface area contributed by atoms with Crippen LogP contribution in [0.15, 0.2) is 42.0 Å². The minimum absolute atomic E-state index is 0.210. The number of nitrogens with one attached hydrogen (secondary N) is 1. The van der Waals surface area contributed by atoms with Crippen molar-refractivity contribution in [2.24, 2.45) is 0 Å². The summed E-state index contributed by atoms with van der Waals surface area (Å²) in [6, 6.07) is 9.36. The largest absolute Gasteiger partial charge is 0.493 e. The van der Waals surface area contributed by atoms with E-state index in [1.165, 1.54) is 27.4 Å². The maximum absolute atomic E-state index is 13.1. The van der Waals surface area contributed by atoms with Gasteiger partial charge in [0, 0.05) is 5.56 Å². The van der Waals surface area contributed by atoms with E-state index in [1.807, 2.05) is 0 Å². The summed E-state index contributed by atoms with van der Waals surface area (Å²) >= 11 is 0. The predicted molar refractivity (Wildman–Crippen MR) is 106 cm³/mol. The van der Waals surface area contributed by atoms with E-state index in [0.717, 1.165) is 4.90 Å². The predicted octanol–water partition coefficient (Wildman–Crippen LogP) is 2.69. The lowest BCUT2D eigenvalue weighted by Crippen LogP contribution is -2.54. The summed E-state index contributed by atoms with van der Waals surface area (Å²) in [5, 5.41) is 2.21. The second-order valence-electron chi connectivity index (χ2n) is 6.17. The first-order valence-electron chi connectivity index (χ1n) is 8.69. The quantitative estimate of drug-likeness (QED) is 0.617. The van der Waals surface area contributed by atoms with Gasteiger partial charge in [0.2, 0.25) is 5.75 Å². The van der Waals surface area contributed by atoms with E-state index in [9.17, 15) is 14.4 Å². The summed E-state index contributed by atoms with van der Waals surface area (Å²) in [7, 11) is 4.37. The van der Waals surface area contributed by atoms with Crippen LogP contribution in [0.3, 0.4) is 0 Å². The standard InChI is InChI=1S/C21H20N2O6/c1-12-7-5-6-8-15(12)23-20(25)14(19(24)22-21(23)26)11-13-9-10-16(27-2)18(29-4)17(13)28-3/h5-11H,1-4H3,(H,22,24,26)/b14-11+. The van der Waals surface area contributed by atoms with Gasteiger partial charge in [-0.1, -0.05) is 18.2 Å². The lowest BCUT2D eigenvalue weighted by atomic mass is 10.0. The molecule has 0 saturated carbocycles. The summed E-state index contributed by atoms with van der Waals surface area (Å²) in [6.07, 6.45) is 1.36. The molecular formula is C21H20N2O6. The molecule has 0 unspecified atom stereocenters. The van der Waals surface area contributed by atoms with Gasteiger partial charge in [-0.3, -0.25) is 14.9 Å². The van der Waals surface area contributed by atoms with Crippen LogP contribution in [0.4, 0.5) is 10.5 Å². The molecule has 0 atom stereocenters. The average molecular weight is 396 g/mol. The molecule has 0 bridgehead atoms.